The van der Waals surface area contributed by atoms with Crippen molar-refractivity contribution in [3.8, 4) is 0 Å². The zero-order valence-corrected chi connectivity index (χ0v) is 29.1. The lowest BCUT2D eigenvalue weighted by Crippen LogP contribution is -3.12. The standard InChI is InChI=1S/3C9H19N.3HI/c3*1-2-3-7-10-8-5-4-6-9-10;;;/h3*2-9H2,1H3;3*1H. The maximum atomic E-state index is 2.28. The number of unbranched alkanes of at least 4 members (excludes halogenated alkanes) is 3. The molecule has 6 heteroatoms. The third kappa shape index (κ3) is 24.2. The van der Waals surface area contributed by atoms with E-state index in [0.29, 0.717) is 0 Å². The third-order valence-corrected chi connectivity index (χ3v) is 7.33. The van der Waals surface area contributed by atoms with E-state index in [1.54, 1.807) is 0 Å². The molecule has 3 saturated heterocycles. The van der Waals surface area contributed by atoms with Gasteiger partial charge in [-0.1, -0.05) is 40.0 Å². The van der Waals surface area contributed by atoms with Crippen molar-refractivity contribution in [3.05, 3.63) is 0 Å². The topological polar surface area (TPSA) is 13.3 Å². The summed E-state index contributed by atoms with van der Waals surface area (Å²) in [6, 6.07) is 0. The summed E-state index contributed by atoms with van der Waals surface area (Å²) in [7, 11) is 0. The van der Waals surface area contributed by atoms with Crippen molar-refractivity contribution in [1.82, 2.24) is 0 Å². The van der Waals surface area contributed by atoms with Crippen molar-refractivity contribution >= 4 is 0 Å². The summed E-state index contributed by atoms with van der Waals surface area (Å²) < 4.78 is 0. The van der Waals surface area contributed by atoms with Gasteiger partial charge in [0.15, 0.2) is 0 Å². The molecule has 33 heavy (non-hydrogen) atoms. The van der Waals surface area contributed by atoms with Crippen molar-refractivity contribution in [2.75, 3.05) is 58.9 Å². The van der Waals surface area contributed by atoms with E-state index in [1.165, 1.54) is 155 Å². The van der Waals surface area contributed by atoms with Crippen LogP contribution in [-0.4, -0.2) is 58.9 Å². The van der Waals surface area contributed by atoms with Gasteiger partial charge in [-0.25, -0.2) is 0 Å². The molecule has 3 aliphatic heterocycles. The van der Waals surface area contributed by atoms with Crippen molar-refractivity contribution in [2.24, 2.45) is 0 Å². The molecular weight excluding hydrogens is 747 g/mol. The minimum Gasteiger partial charge on any atom is -1.00 e. The maximum Gasteiger partial charge on any atom is 0.0770 e. The van der Waals surface area contributed by atoms with Gasteiger partial charge in [0.2, 0.25) is 0 Å². The summed E-state index contributed by atoms with van der Waals surface area (Å²) >= 11 is 0. The molecule has 0 atom stereocenters. The highest BCUT2D eigenvalue weighted by Gasteiger charge is 2.13. The number of hydrogen-bond donors (Lipinski definition) is 3. The van der Waals surface area contributed by atoms with Crippen molar-refractivity contribution in [1.29, 1.82) is 0 Å². The number of quaternary nitrogens is 3. The SMILES string of the molecule is CCCC[NH+]1CCCCC1.CCCC[NH+]1CCCCC1.CCCC[NH+]1CCCCC1.[I-].[I-].[I-]. The zero-order chi connectivity index (χ0) is 21.7. The molecule has 204 valence electrons. The number of piperidine rings is 3. The van der Waals surface area contributed by atoms with Gasteiger partial charge < -0.3 is 86.6 Å². The van der Waals surface area contributed by atoms with Crippen LogP contribution >= 0.6 is 0 Å². The van der Waals surface area contributed by atoms with E-state index >= 15 is 0 Å². The van der Waals surface area contributed by atoms with Crippen LogP contribution < -0.4 is 86.6 Å². The molecule has 3 heterocycles. The Kier molecular flexibility index (Phi) is 36.3. The van der Waals surface area contributed by atoms with Crippen LogP contribution in [0, 0.1) is 0 Å². The third-order valence-electron chi connectivity index (χ3n) is 7.33. The lowest BCUT2D eigenvalue weighted by Gasteiger charge is -2.22. The molecule has 3 N–H and O–H groups in total. The summed E-state index contributed by atoms with van der Waals surface area (Å²) in [5.41, 5.74) is 0. The number of rotatable bonds is 9. The van der Waals surface area contributed by atoms with Crippen molar-refractivity contribution in [3.63, 3.8) is 0 Å². The first kappa shape index (κ1) is 39.6. The largest absolute Gasteiger partial charge is 1.00 e. The van der Waals surface area contributed by atoms with Crippen LogP contribution in [0.3, 0.4) is 0 Å². The molecule has 0 unspecified atom stereocenters. The zero-order valence-electron chi connectivity index (χ0n) is 22.6. The number of nitrogens with one attached hydrogen (secondary N) is 3. The quantitative estimate of drug-likeness (QED) is 0.192. The van der Waals surface area contributed by atoms with E-state index < -0.39 is 0 Å². The minimum atomic E-state index is 0. The fraction of sp³-hybridized carbons (Fsp3) is 1.00. The van der Waals surface area contributed by atoms with E-state index in [4.69, 9.17) is 0 Å². The van der Waals surface area contributed by atoms with Crippen LogP contribution in [0.2, 0.25) is 0 Å². The molecule has 0 amide bonds. The van der Waals surface area contributed by atoms with Gasteiger partial charge in [0.05, 0.1) is 58.9 Å². The Hall–Kier alpha value is 2.07. The lowest BCUT2D eigenvalue weighted by molar-refractivity contribution is -0.905. The number of halogens is 3. The molecule has 0 aromatic rings. The maximum absolute atomic E-state index is 2.28. The van der Waals surface area contributed by atoms with Gasteiger partial charge in [0, 0.05) is 0 Å². The van der Waals surface area contributed by atoms with Crippen LogP contribution in [0.25, 0.3) is 0 Å². The van der Waals surface area contributed by atoms with Crippen LogP contribution in [0.4, 0.5) is 0 Å². The van der Waals surface area contributed by atoms with Crippen LogP contribution in [0.5, 0.6) is 0 Å². The Bertz CT molecular complexity index is 291. The minimum absolute atomic E-state index is 0. The fourth-order valence-electron chi connectivity index (χ4n) is 5.19. The molecule has 0 bridgehead atoms. The van der Waals surface area contributed by atoms with E-state index in [2.05, 4.69) is 20.8 Å². The molecule has 0 aromatic carbocycles. The first-order chi connectivity index (χ1) is 14.8. The Balaban J connectivity index is -0.000000391. The monoisotopic (exact) mass is 807 g/mol. The predicted octanol–water partition coefficient (Wildman–Crippen LogP) is -6.42. The molecule has 3 rings (SSSR count). The Labute approximate surface area is 260 Å². The number of likely N-dealkylation sites (tertiary alicyclic amines) is 3. The Morgan fingerprint density at radius 3 is 0.758 bits per heavy atom. The predicted molar refractivity (Wildman–Crippen MR) is 133 cm³/mol. The molecule has 3 fully saturated rings. The molecule has 0 saturated carbocycles. The van der Waals surface area contributed by atoms with Gasteiger partial charge in [-0.15, -0.1) is 0 Å². The molecule has 0 aliphatic carbocycles. The molecule has 0 aromatic heterocycles. The van der Waals surface area contributed by atoms with Gasteiger partial charge in [-0.05, 0) is 77.0 Å². The van der Waals surface area contributed by atoms with E-state index in [9.17, 15) is 0 Å². The second-order valence-electron chi connectivity index (χ2n) is 10.2. The van der Waals surface area contributed by atoms with E-state index in [0.717, 1.165) is 0 Å². The summed E-state index contributed by atoms with van der Waals surface area (Å²) in [6.07, 6.45) is 21.6. The molecule has 3 nitrogen and oxygen atoms in total. The normalized spacial score (nSPS) is 19.4. The van der Waals surface area contributed by atoms with Gasteiger partial charge in [-0.3, -0.25) is 0 Å². The van der Waals surface area contributed by atoms with Gasteiger partial charge in [0.25, 0.3) is 0 Å². The van der Waals surface area contributed by atoms with Gasteiger partial charge in [0.1, 0.15) is 0 Å². The smallest absolute Gasteiger partial charge is 0.0770 e. The summed E-state index contributed by atoms with van der Waals surface area (Å²) in [6.45, 7) is 19.8. The molecule has 0 spiro atoms. The summed E-state index contributed by atoms with van der Waals surface area (Å²) in [5, 5.41) is 0. The summed E-state index contributed by atoms with van der Waals surface area (Å²) in [4.78, 5) is 5.56. The molecular formula is C27H60I3N3. The van der Waals surface area contributed by atoms with E-state index in [-0.39, 0.29) is 71.9 Å². The highest BCUT2D eigenvalue weighted by atomic mass is 127. The van der Waals surface area contributed by atoms with Crippen molar-refractivity contribution < 1.29 is 86.6 Å². The van der Waals surface area contributed by atoms with E-state index in [1.807, 2.05) is 14.7 Å². The van der Waals surface area contributed by atoms with Gasteiger partial charge in [-0.2, -0.15) is 0 Å². The lowest BCUT2D eigenvalue weighted by atomic mass is 10.1. The highest BCUT2D eigenvalue weighted by Crippen LogP contribution is 1.96. The van der Waals surface area contributed by atoms with Crippen LogP contribution in [0.15, 0.2) is 0 Å². The van der Waals surface area contributed by atoms with Crippen LogP contribution in [0.1, 0.15) is 117 Å². The van der Waals surface area contributed by atoms with Crippen LogP contribution in [-0.2, 0) is 0 Å². The Morgan fingerprint density at radius 2 is 0.576 bits per heavy atom. The first-order valence-electron chi connectivity index (χ1n) is 14.3. The highest BCUT2D eigenvalue weighted by molar-refractivity contribution is 4.47. The number of hydrogen-bond acceptors (Lipinski definition) is 0. The first-order valence-corrected chi connectivity index (χ1v) is 14.3. The van der Waals surface area contributed by atoms with Gasteiger partial charge >= 0.3 is 0 Å². The second kappa shape index (κ2) is 30.3. The second-order valence-corrected chi connectivity index (χ2v) is 10.2. The molecule has 3 aliphatic rings. The average molecular weight is 808 g/mol. The Morgan fingerprint density at radius 1 is 0.364 bits per heavy atom. The average Bonchev–Trinajstić information content (AvgIpc) is 2.83. The fourth-order valence-corrected chi connectivity index (χ4v) is 5.19. The summed E-state index contributed by atoms with van der Waals surface area (Å²) in [5.74, 6) is 0. The molecule has 0 radical (unpaired) electrons. The van der Waals surface area contributed by atoms with Crippen molar-refractivity contribution in [2.45, 2.75) is 117 Å².